The Morgan fingerprint density at radius 3 is 2.84 bits per heavy atom. The van der Waals surface area contributed by atoms with Crippen LogP contribution in [0.15, 0.2) is 41.0 Å². The van der Waals surface area contributed by atoms with Gasteiger partial charge in [0.25, 0.3) is 5.91 Å². The van der Waals surface area contributed by atoms with Crippen LogP contribution in [0.3, 0.4) is 0 Å². The molecule has 2 aromatic rings. The van der Waals surface area contributed by atoms with Gasteiger partial charge in [-0.05, 0) is 43.2 Å². The van der Waals surface area contributed by atoms with E-state index in [1.165, 1.54) is 11.8 Å². The van der Waals surface area contributed by atoms with E-state index < -0.39 is 0 Å². The van der Waals surface area contributed by atoms with E-state index in [9.17, 15) is 4.79 Å². The number of hydrogen-bond acceptors (Lipinski definition) is 3. The number of hydrogen-bond donors (Lipinski definition) is 1. The largest absolute Gasteiger partial charge is 0.491 e. The van der Waals surface area contributed by atoms with Crippen molar-refractivity contribution < 1.29 is 13.9 Å². The molecule has 1 aromatic carbocycles. The van der Waals surface area contributed by atoms with Gasteiger partial charge in [-0.3, -0.25) is 4.79 Å². The monoisotopic (exact) mass is 259 g/mol. The van der Waals surface area contributed by atoms with Crippen molar-refractivity contribution in [3.63, 3.8) is 0 Å². The van der Waals surface area contributed by atoms with Crippen molar-refractivity contribution in [2.45, 2.75) is 13.8 Å². The predicted molar refractivity (Wildman–Crippen MR) is 72.5 cm³/mol. The minimum atomic E-state index is -0.227. The number of rotatable bonds is 5. The van der Waals surface area contributed by atoms with E-state index in [-0.39, 0.29) is 5.91 Å². The summed E-state index contributed by atoms with van der Waals surface area (Å²) in [5, 5.41) is 2.73. The molecule has 1 amide bonds. The average molecular weight is 259 g/mol. The summed E-state index contributed by atoms with van der Waals surface area (Å²) in [5.41, 5.74) is 2.32. The zero-order chi connectivity index (χ0) is 13.7. The van der Waals surface area contributed by atoms with Gasteiger partial charge in [0.1, 0.15) is 12.4 Å². The van der Waals surface area contributed by atoms with E-state index in [4.69, 9.17) is 9.15 Å². The lowest BCUT2D eigenvalue weighted by atomic mass is 10.1. The molecule has 1 N–H and O–H groups in total. The Morgan fingerprint density at radius 1 is 1.26 bits per heavy atom. The second-order valence-electron chi connectivity index (χ2n) is 4.28. The summed E-state index contributed by atoms with van der Waals surface area (Å²) in [6.07, 6.45) is 1.47. The van der Waals surface area contributed by atoms with E-state index in [0.717, 1.165) is 11.3 Å². The van der Waals surface area contributed by atoms with Crippen molar-refractivity contribution in [3.05, 3.63) is 53.5 Å². The number of benzene rings is 1. The Balaban J connectivity index is 1.78. The van der Waals surface area contributed by atoms with Crippen LogP contribution < -0.4 is 10.1 Å². The van der Waals surface area contributed by atoms with Gasteiger partial charge in [-0.1, -0.05) is 12.1 Å². The van der Waals surface area contributed by atoms with Crippen LogP contribution in [0.2, 0.25) is 0 Å². The number of aryl methyl sites for hydroxylation is 1. The highest BCUT2D eigenvalue weighted by Crippen LogP contribution is 2.20. The Morgan fingerprint density at radius 2 is 2.11 bits per heavy atom. The fourth-order valence-corrected chi connectivity index (χ4v) is 1.70. The highest BCUT2D eigenvalue weighted by atomic mass is 16.5. The van der Waals surface area contributed by atoms with Gasteiger partial charge < -0.3 is 14.5 Å². The van der Waals surface area contributed by atoms with E-state index in [1.54, 1.807) is 12.1 Å². The lowest BCUT2D eigenvalue weighted by Crippen LogP contribution is -2.27. The molecule has 0 aliphatic heterocycles. The topological polar surface area (TPSA) is 51.5 Å². The number of furan rings is 1. The van der Waals surface area contributed by atoms with Crippen molar-refractivity contribution in [3.8, 4) is 5.75 Å². The number of nitrogens with one attached hydrogen (secondary N) is 1. The maximum atomic E-state index is 11.6. The van der Waals surface area contributed by atoms with Gasteiger partial charge in [0.05, 0.1) is 12.8 Å². The fraction of sp³-hybridized carbons (Fsp3) is 0.267. The Kier molecular flexibility index (Phi) is 4.23. The van der Waals surface area contributed by atoms with Crippen molar-refractivity contribution in [2.24, 2.45) is 0 Å². The lowest BCUT2D eigenvalue weighted by molar-refractivity contribution is 0.0919. The molecule has 19 heavy (non-hydrogen) atoms. The molecule has 4 heteroatoms. The first-order chi connectivity index (χ1) is 9.18. The smallest absolute Gasteiger partial charge is 0.287 e. The molecule has 0 radical (unpaired) electrons. The third-order valence-corrected chi connectivity index (χ3v) is 2.95. The highest BCUT2D eigenvalue weighted by molar-refractivity contribution is 5.91. The van der Waals surface area contributed by atoms with Crippen molar-refractivity contribution >= 4 is 5.91 Å². The summed E-state index contributed by atoms with van der Waals surface area (Å²) in [6.45, 7) is 4.93. The van der Waals surface area contributed by atoms with E-state index in [1.807, 2.05) is 32.0 Å². The molecule has 2 rings (SSSR count). The van der Waals surface area contributed by atoms with Gasteiger partial charge in [-0.25, -0.2) is 0 Å². The fourth-order valence-electron chi connectivity index (χ4n) is 1.70. The second kappa shape index (κ2) is 6.09. The minimum absolute atomic E-state index is 0.227. The van der Waals surface area contributed by atoms with Crippen molar-refractivity contribution in [2.75, 3.05) is 13.2 Å². The molecule has 100 valence electrons. The van der Waals surface area contributed by atoms with Gasteiger partial charge in [0.15, 0.2) is 5.76 Å². The van der Waals surface area contributed by atoms with Crippen LogP contribution in [0.5, 0.6) is 5.75 Å². The van der Waals surface area contributed by atoms with Gasteiger partial charge in [0, 0.05) is 0 Å². The molecule has 0 unspecified atom stereocenters. The van der Waals surface area contributed by atoms with Crippen molar-refractivity contribution in [1.29, 1.82) is 0 Å². The SMILES string of the molecule is Cc1cccc(OCCNC(=O)c2ccco2)c1C. The normalized spacial score (nSPS) is 10.2. The van der Waals surface area contributed by atoms with Crippen LogP contribution in [0.25, 0.3) is 0 Å². The average Bonchev–Trinajstić information content (AvgIpc) is 2.93. The lowest BCUT2D eigenvalue weighted by Gasteiger charge is -2.11. The van der Waals surface area contributed by atoms with Gasteiger partial charge >= 0.3 is 0 Å². The molecule has 0 saturated carbocycles. The van der Waals surface area contributed by atoms with Crippen LogP contribution in [0, 0.1) is 13.8 Å². The standard InChI is InChI=1S/C15H17NO3/c1-11-5-3-6-13(12(11)2)19-10-8-16-15(17)14-7-4-9-18-14/h3-7,9H,8,10H2,1-2H3,(H,16,17). The van der Waals surface area contributed by atoms with Crippen LogP contribution in [0.4, 0.5) is 0 Å². The predicted octanol–water partition coefficient (Wildman–Crippen LogP) is 2.71. The second-order valence-corrected chi connectivity index (χ2v) is 4.28. The number of ether oxygens (including phenoxy) is 1. The van der Waals surface area contributed by atoms with Crippen LogP contribution in [-0.4, -0.2) is 19.1 Å². The number of carbonyl (C=O) groups excluding carboxylic acids is 1. The molecular weight excluding hydrogens is 242 g/mol. The summed E-state index contributed by atoms with van der Waals surface area (Å²) in [5.74, 6) is 0.938. The molecule has 0 aliphatic carbocycles. The number of carbonyl (C=O) groups is 1. The third kappa shape index (κ3) is 3.37. The molecule has 4 nitrogen and oxygen atoms in total. The molecule has 0 aliphatic rings. The zero-order valence-corrected chi connectivity index (χ0v) is 11.1. The molecule has 1 aromatic heterocycles. The Hall–Kier alpha value is -2.23. The summed E-state index contributed by atoms with van der Waals surface area (Å²) < 4.78 is 10.6. The quantitative estimate of drug-likeness (QED) is 0.840. The molecule has 0 fully saturated rings. The minimum Gasteiger partial charge on any atom is -0.491 e. The maximum Gasteiger partial charge on any atom is 0.287 e. The van der Waals surface area contributed by atoms with Gasteiger partial charge in [-0.2, -0.15) is 0 Å². The number of amides is 1. The molecule has 0 saturated heterocycles. The van der Waals surface area contributed by atoms with Gasteiger partial charge in [-0.15, -0.1) is 0 Å². The van der Waals surface area contributed by atoms with Gasteiger partial charge in [0.2, 0.25) is 0 Å². The summed E-state index contributed by atoms with van der Waals surface area (Å²) in [6, 6.07) is 9.24. The molecule has 0 bridgehead atoms. The van der Waals surface area contributed by atoms with E-state index in [2.05, 4.69) is 5.32 Å². The van der Waals surface area contributed by atoms with Crippen LogP contribution in [-0.2, 0) is 0 Å². The maximum absolute atomic E-state index is 11.6. The molecule has 1 heterocycles. The zero-order valence-electron chi connectivity index (χ0n) is 11.1. The van der Waals surface area contributed by atoms with Crippen LogP contribution in [0.1, 0.15) is 21.7 Å². The van der Waals surface area contributed by atoms with E-state index in [0.29, 0.717) is 18.9 Å². The Bertz CT molecular complexity index is 547. The Labute approximate surface area is 112 Å². The highest BCUT2D eigenvalue weighted by Gasteiger charge is 2.07. The summed E-state index contributed by atoms with van der Waals surface area (Å²) >= 11 is 0. The molecule has 0 spiro atoms. The first-order valence-corrected chi connectivity index (χ1v) is 6.19. The summed E-state index contributed by atoms with van der Waals surface area (Å²) in [4.78, 5) is 11.6. The molecule has 0 atom stereocenters. The van der Waals surface area contributed by atoms with Crippen molar-refractivity contribution in [1.82, 2.24) is 5.32 Å². The summed E-state index contributed by atoms with van der Waals surface area (Å²) in [7, 11) is 0. The first-order valence-electron chi connectivity index (χ1n) is 6.19. The van der Waals surface area contributed by atoms with E-state index >= 15 is 0 Å². The molecular formula is C15H17NO3. The van der Waals surface area contributed by atoms with Crippen LogP contribution >= 0.6 is 0 Å². The third-order valence-electron chi connectivity index (χ3n) is 2.95. The first kappa shape index (κ1) is 13.2.